The number of allylic oxidation sites excluding steroid dienone is 2. The molecule has 2 N–H and O–H groups in total. The molecule has 1 radical (unpaired) electrons. The van der Waals surface area contributed by atoms with Crippen molar-refractivity contribution in [2.24, 2.45) is 10.1 Å². The minimum atomic E-state index is -0.119. The lowest BCUT2D eigenvalue weighted by atomic mass is 9.60. The van der Waals surface area contributed by atoms with Crippen LogP contribution in [0.2, 0.25) is 12.6 Å². The first kappa shape index (κ1) is 23.7. The first-order valence-electron chi connectivity index (χ1n) is 9.74. The lowest BCUT2D eigenvalue weighted by Crippen LogP contribution is -2.42. The Morgan fingerprint density at radius 2 is 2.00 bits per heavy atom. The summed E-state index contributed by atoms with van der Waals surface area (Å²) >= 11 is 0. The third-order valence-corrected chi connectivity index (χ3v) is 4.77. The number of carbonyl (C=O) groups is 1. The van der Waals surface area contributed by atoms with Gasteiger partial charge in [-0.25, -0.2) is 10.4 Å². The molecule has 28 heavy (non-hydrogen) atoms. The average molecular weight is 385 g/mol. The van der Waals surface area contributed by atoms with E-state index in [0.29, 0.717) is 11.9 Å². The number of nitrogens with one attached hydrogen (secondary N) is 2. The number of carbonyl (C=O) groups excluding carboxylic acids is 1. The van der Waals surface area contributed by atoms with E-state index in [1.807, 2.05) is 20.2 Å². The molecule has 1 aliphatic carbocycles. The van der Waals surface area contributed by atoms with Crippen molar-refractivity contribution in [3.05, 3.63) is 37.0 Å². The summed E-state index contributed by atoms with van der Waals surface area (Å²) in [6.07, 6.45) is 11.5. The Morgan fingerprint density at radius 3 is 2.57 bits per heavy atom. The molecule has 0 bridgehead atoms. The molecule has 0 heterocycles. The predicted molar refractivity (Wildman–Crippen MR) is 119 cm³/mol. The summed E-state index contributed by atoms with van der Waals surface area (Å²) in [6, 6.07) is 0.449. The van der Waals surface area contributed by atoms with Gasteiger partial charge in [0.25, 0.3) is 0 Å². The Hall–Kier alpha value is -2.35. The Labute approximate surface area is 170 Å². The summed E-state index contributed by atoms with van der Waals surface area (Å²) in [6.45, 7) is 11.4. The van der Waals surface area contributed by atoms with Crippen LogP contribution >= 0.6 is 0 Å². The van der Waals surface area contributed by atoms with E-state index < -0.39 is 0 Å². The topological polar surface area (TPSA) is 72.3 Å². The molecule has 0 unspecified atom stereocenters. The van der Waals surface area contributed by atoms with Crippen LogP contribution in [0.4, 0.5) is 0 Å². The molecular weight excluding hydrogens is 351 g/mol. The van der Waals surface area contributed by atoms with Crippen LogP contribution in [0.15, 0.2) is 47.0 Å². The van der Waals surface area contributed by atoms with Crippen LogP contribution < -0.4 is 10.7 Å². The van der Waals surface area contributed by atoms with Gasteiger partial charge in [0, 0.05) is 44.5 Å². The minimum Gasteiger partial charge on any atom is -0.328 e. The standard InChI is InChI=1S/C20H34BN6O/c1-7-13-23-17(3)26(6)24-14-12-20(28)25-16(2)15-27(22-5)19-10-8-18(21-4)9-11-19/h7,13-15,18-19,22H,1,3,8-12H2,2,4-6H3,(H,25,28)/b16-15+,23-13?,24-14-. The molecular formula is C20H34BN6O. The van der Waals surface area contributed by atoms with E-state index in [1.54, 1.807) is 13.1 Å². The smallest absolute Gasteiger partial charge is 0.229 e. The Morgan fingerprint density at radius 1 is 1.32 bits per heavy atom. The average Bonchev–Trinajstić information content (AvgIpc) is 2.70. The maximum Gasteiger partial charge on any atom is 0.229 e. The summed E-state index contributed by atoms with van der Waals surface area (Å²) in [7, 11) is 5.94. The van der Waals surface area contributed by atoms with Gasteiger partial charge in [-0.1, -0.05) is 44.7 Å². The second-order valence-electron chi connectivity index (χ2n) is 6.85. The molecule has 1 amide bonds. The largest absolute Gasteiger partial charge is 0.328 e. The van der Waals surface area contributed by atoms with E-state index >= 15 is 0 Å². The summed E-state index contributed by atoms with van der Waals surface area (Å²) in [5.74, 6) is 1.08. The molecule has 0 aromatic rings. The van der Waals surface area contributed by atoms with Gasteiger partial charge in [0.2, 0.25) is 5.91 Å². The predicted octanol–water partition coefficient (Wildman–Crippen LogP) is 2.92. The van der Waals surface area contributed by atoms with E-state index in [4.69, 9.17) is 0 Å². The Balaban J connectivity index is 2.49. The van der Waals surface area contributed by atoms with Crippen LogP contribution in [-0.2, 0) is 4.79 Å². The molecule has 0 aromatic heterocycles. The molecule has 7 nitrogen and oxygen atoms in total. The highest BCUT2D eigenvalue weighted by molar-refractivity contribution is 6.35. The van der Waals surface area contributed by atoms with Crippen molar-refractivity contribution in [3.63, 3.8) is 0 Å². The number of amides is 1. The van der Waals surface area contributed by atoms with Gasteiger partial charge in [0.05, 0.1) is 6.42 Å². The first-order chi connectivity index (χ1) is 13.4. The molecule has 0 aliphatic heterocycles. The molecule has 0 saturated heterocycles. The second kappa shape index (κ2) is 12.9. The van der Waals surface area contributed by atoms with Crippen LogP contribution in [0.3, 0.4) is 0 Å². The van der Waals surface area contributed by atoms with Crippen molar-refractivity contribution in [1.82, 2.24) is 20.8 Å². The molecule has 0 atom stereocenters. The molecule has 0 aromatic carbocycles. The third-order valence-electron chi connectivity index (χ3n) is 4.77. The molecule has 0 spiro atoms. The van der Waals surface area contributed by atoms with E-state index in [0.717, 1.165) is 24.4 Å². The van der Waals surface area contributed by atoms with Crippen LogP contribution in [0, 0.1) is 0 Å². The quantitative estimate of drug-likeness (QED) is 0.326. The summed E-state index contributed by atoms with van der Waals surface area (Å²) in [5, 5.41) is 10.6. The fourth-order valence-electron chi connectivity index (χ4n) is 3.11. The summed E-state index contributed by atoms with van der Waals surface area (Å²) in [4.78, 5) is 16.2. The van der Waals surface area contributed by atoms with Crippen LogP contribution in [0.1, 0.15) is 39.0 Å². The van der Waals surface area contributed by atoms with Crippen molar-refractivity contribution in [2.75, 3.05) is 14.1 Å². The molecule has 153 valence electrons. The number of aliphatic imine (C=N–C) groups is 1. The van der Waals surface area contributed by atoms with Crippen molar-refractivity contribution in [1.29, 1.82) is 0 Å². The number of hydrazone groups is 1. The van der Waals surface area contributed by atoms with E-state index in [1.165, 1.54) is 30.3 Å². The van der Waals surface area contributed by atoms with Gasteiger partial charge in [0.1, 0.15) is 13.1 Å². The summed E-state index contributed by atoms with van der Waals surface area (Å²) < 4.78 is 0. The zero-order chi connectivity index (χ0) is 20.9. The second-order valence-corrected chi connectivity index (χ2v) is 6.85. The number of nitrogens with zero attached hydrogens (tertiary/aromatic N) is 4. The first-order valence-corrected chi connectivity index (χ1v) is 9.74. The van der Waals surface area contributed by atoms with Gasteiger partial charge in [-0.3, -0.25) is 9.80 Å². The zero-order valence-corrected chi connectivity index (χ0v) is 17.7. The highest BCUT2D eigenvalue weighted by Crippen LogP contribution is 2.30. The molecule has 1 aliphatic rings. The van der Waals surface area contributed by atoms with Crippen LogP contribution in [-0.4, -0.2) is 55.8 Å². The van der Waals surface area contributed by atoms with Gasteiger partial charge < -0.3 is 10.3 Å². The van der Waals surface area contributed by atoms with E-state index in [-0.39, 0.29) is 12.3 Å². The SMILES string of the molecule is C=CC=NC(=C)N(C)/N=C\CC(=O)N/C(C)=C/N(NC)C1CCC([B]C)CC1. The number of hydrogen-bond acceptors (Lipinski definition) is 6. The Bertz CT molecular complexity index is 608. The highest BCUT2D eigenvalue weighted by atomic mass is 16.1. The molecule has 1 saturated carbocycles. The normalized spacial score (nSPS) is 20.2. The van der Waals surface area contributed by atoms with Crippen molar-refractivity contribution in [2.45, 2.75) is 57.7 Å². The third kappa shape index (κ3) is 8.56. The number of hydrazine groups is 1. The van der Waals surface area contributed by atoms with Crippen molar-refractivity contribution >= 4 is 25.6 Å². The van der Waals surface area contributed by atoms with Crippen LogP contribution in [0.25, 0.3) is 0 Å². The van der Waals surface area contributed by atoms with E-state index in [2.05, 4.69) is 53.1 Å². The lowest BCUT2D eigenvalue weighted by molar-refractivity contribution is -0.119. The number of hydrogen-bond donors (Lipinski definition) is 2. The lowest BCUT2D eigenvalue weighted by Gasteiger charge is -2.35. The fourth-order valence-corrected chi connectivity index (χ4v) is 3.11. The number of rotatable bonds is 11. The van der Waals surface area contributed by atoms with E-state index in [9.17, 15) is 4.79 Å². The van der Waals surface area contributed by atoms with Crippen LogP contribution in [0.5, 0.6) is 0 Å². The van der Waals surface area contributed by atoms with Gasteiger partial charge in [-0.05, 0) is 19.8 Å². The fraction of sp³-hybridized carbons (Fsp3) is 0.550. The van der Waals surface area contributed by atoms with Gasteiger partial charge in [-0.15, -0.1) is 0 Å². The minimum absolute atomic E-state index is 0.119. The zero-order valence-electron chi connectivity index (χ0n) is 17.7. The molecule has 1 fully saturated rings. The van der Waals surface area contributed by atoms with Gasteiger partial charge in [0.15, 0.2) is 0 Å². The molecule has 8 heteroatoms. The monoisotopic (exact) mass is 385 g/mol. The summed E-state index contributed by atoms with van der Waals surface area (Å²) in [5.41, 5.74) is 4.02. The van der Waals surface area contributed by atoms with Gasteiger partial charge >= 0.3 is 0 Å². The maximum atomic E-state index is 12.1. The maximum absolute atomic E-state index is 12.1. The van der Waals surface area contributed by atoms with Crippen molar-refractivity contribution in [3.8, 4) is 0 Å². The van der Waals surface area contributed by atoms with Gasteiger partial charge in [-0.2, -0.15) is 5.10 Å². The van der Waals surface area contributed by atoms with Crippen molar-refractivity contribution < 1.29 is 4.79 Å². The highest BCUT2D eigenvalue weighted by Gasteiger charge is 2.23. The molecule has 1 rings (SSSR count). The Kier molecular flexibility index (Phi) is 10.9.